The van der Waals surface area contributed by atoms with Crippen molar-refractivity contribution < 1.29 is 14.4 Å². The van der Waals surface area contributed by atoms with E-state index in [4.69, 9.17) is 5.73 Å². The molecule has 27 heavy (non-hydrogen) atoms. The molecule has 0 spiro atoms. The number of benzene rings is 2. The van der Waals surface area contributed by atoms with Gasteiger partial charge in [0.25, 0.3) is 11.8 Å². The van der Waals surface area contributed by atoms with Crippen LogP contribution in [0.4, 0.5) is 5.69 Å². The summed E-state index contributed by atoms with van der Waals surface area (Å²) >= 11 is 0. The van der Waals surface area contributed by atoms with Crippen molar-refractivity contribution in [2.24, 2.45) is 5.92 Å². The van der Waals surface area contributed by atoms with Gasteiger partial charge in [0.2, 0.25) is 5.91 Å². The van der Waals surface area contributed by atoms with Crippen molar-refractivity contribution in [2.45, 2.75) is 26.3 Å². The van der Waals surface area contributed by atoms with Crippen molar-refractivity contribution in [1.82, 2.24) is 10.2 Å². The molecule has 1 heterocycles. The number of rotatable bonds is 6. The summed E-state index contributed by atoms with van der Waals surface area (Å²) in [7, 11) is 0. The van der Waals surface area contributed by atoms with E-state index >= 15 is 0 Å². The van der Waals surface area contributed by atoms with E-state index in [-0.39, 0.29) is 11.8 Å². The Morgan fingerprint density at radius 2 is 1.56 bits per heavy atom. The average Bonchev–Trinajstić information content (AvgIpc) is 2.89. The molecule has 0 saturated heterocycles. The second kappa shape index (κ2) is 7.61. The number of anilines is 1. The van der Waals surface area contributed by atoms with Crippen molar-refractivity contribution in [3.63, 3.8) is 0 Å². The number of carbonyl (C=O) groups excluding carboxylic acids is 3. The maximum atomic E-state index is 12.8. The van der Waals surface area contributed by atoms with Crippen molar-refractivity contribution >= 4 is 23.4 Å². The van der Waals surface area contributed by atoms with Crippen LogP contribution in [-0.4, -0.2) is 35.2 Å². The lowest BCUT2D eigenvalue weighted by molar-refractivity contribution is -0.126. The first-order valence-corrected chi connectivity index (χ1v) is 8.99. The third-order valence-corrected chi connectivity index (χ3v) is 4.70. The number of carbonyl (C=O) groups is 3. The van der Waals surface area contributed by atoms with E-state index in [9.17, 15) is 14.4 Å². The zero-order chi connectivity index (χ0) is 19.6. The maximum absolute atomic E-state index is 12.8. The van der Waals surface area contributed by atoms with E-state index in [0.29, 0.717) is 29.8 Å². The molecule has 140 valence electrons. The highest BCUT2D eigenvalue weighted by Crippen LogP contribution is 2.27. The van der Waals surface area contributed by atoms with Gasteiger partial charge < -0.3 is 11.1 Å². The van der Waals surface area contributed by atoms with Crippen molar-refractivity contribution in [2.75, 3.05) is 12.3 Å². The van der Waals surface area contributed by atoms with Crippen LogP contribution >= 0.6 is 0 Å². The minimum atomic E-state index is -0.844. The van der Waals surface area contributed by atoms with Gasteiger partial charge in [-0.2, -0.15) is 0 Å². The Bertz CT molecular complexity index is 839. The molecule has 3 N–H and O–H groups in total. The predicted molar refractivity (Wildman–Crippen MR) is 103 cm³/mol. The standard InChI is InChI=1S/C21H23N3O3/c1-13(2)18(19(25)23-12-11-14-7-9-15(22)10-8-14)24-20(26)16-5-3-4-6-17(16)21(24)27/h3-10,13,18H,11-12,22H2,1-2H3,(H,23,25). The lowest BCUT2D eigenvalue weighted by Crippen LogP contribution is -2.52. The summed E-state index contributed by atoms with van der Waals surface area (Å²) in [5.74, 6) is -1.36. The summed E-state index contributed by atoms with van der Waals surface area (Å²) in [6.07, 6.45) is 0.638. The highest BCUT2D eigenvalue weighted by atomic mass is 16.2. The Kier molecular flexibility index (Phi) is 5.26. The average molecular weight is 365 g/mol. The number of amides is 3. The van der Waals surface area contributed by atoms with Gasteiger partial charge in [-0.25, -0.2) is 0 Å². The summed E-state index contributed by atoms with van der Waals surface area (Å²) in [5, 5.41) is 2.86. The van der Waals surface area contributed by atoms with Gasteiger partial charge in [0.05, 0.1) is 11.1 Å². The minimum Gasteiger partial charge on any atom is -0.399 e. The van der Waals surface area contributed by atoms with E-state index in [2.05, 4.69) is 5.32 Å². The molecule has 1 aliphatic heterocycles. The second-order valence-electron chi connectivity index (χ2n) is 7.00. The molecule has 3 amide bonds. The number of hydrogen-bond donors (Lipinski definition) is 2. The van der Waals surface area contributed by atoms with Crippen LogP contribution < -0.4 is 11.1 Å². The maximum Gasteiger partial charge on any atom is 0.262 e. The van der Waals surface area contributed by atoms with Gasteiger partial charge in [-0.1, -0.05) is 38.1 Å². The lowest BCUT2D eigenvalue weighted by Gasteiger charge is -2.28. The largest absolute Gasteiger partial charge is 0.399 e. The molecule has 2 aromatic carbocycles. The quantitative estimate of drug-likeness (QED) is 0.607. The summed E-state index contributed by atoms with van der Waals surface area (Å²) in [4.78, 5) is 39.3. The van der Waals surface area contributed by atoms with Gasteiger partial charge in [0.15, 0.2) is 0 Å². The van der Waals surface area contributed by atoms with Crippen LogP contribution in [0.1, 0.15) is 40.1 Å². The summed E-state index contributed by atoms with van der Waals surface area (Å²) < 4.78 is 0. The molecule has 1 aliphatic rings. The molecule has 0 saturated carbocycles. The van der Waals surface area contributed by atoms with Crippen LogP contribution in [0.5, 0.6) is 0 Å². The summed E-state index contributed by atoms with van der Waals surface area (Å²) in [6.45, 7) is 4.07. The van der Waals surface area contributed by atoms with Crippen LogP contribution in [0.15, 0.2) is 48.5 Å². The first kappa shape index (κ1) is 18.6. The number of nitrogens with zero attached hydrogens (tertiary/aromatic N) is 1. The van der Waals surface area contributed by atoms with Gasteiger partial charge in [0.1, 0.15) is 6.04 Å². The van der Waals surface area contributed by atoms with Gasteiger partial charge in [-0.05, 0) is 42.2 Å². The Morgan fingerprint density at radius 3 is 2.07 bits per heavy atom. The topological polar surface area (TPSA) is 92.5 Å². The smallest absolute Gasteiger partial charge is 0.262 e. The molecule has 0 aromatic heterocycles. The molecular weight excluding hydrogens is 342 g/mol. The van der Waals surface area contributed by atoms with Crippen LogP contribution in [0.3, 0.4) is 0 Å². The Labute approximate surface area is 158 Å². The third-order valence-electron chi connectivity index (χ3n) is 4.70. The van der Waals surface area contributed by atoms with Crippen molar-refractivity contribution in [3.8, 4) is 0 Å². The monoisotopic (exact) mass is 365 g/mol. The number of nitrogens with one attached hydrogen (secondary N) is 1. The molecular formula is C21H23N3O3. The van der Waals surface area contributed by atoms with Gasteiger partial charge in [-0.15, -0.1) is 0 Å². The van der Waals surface area contributed by atoms with Gasteiger partial charge in [0, 0.05) is 12.2 Å². The van der Waals surface area contributed by atoms with Gasteiger partial charge >= 0.3 is 0 Å². The molecule has 6 nitrogen and oxygen atoms in total. The zero-order valence-corrected chi connectivity index (χ0v) is 15.4. The fourth-order valence-corrected chi connectivity index (χ4v) is 3.30. The van der Waals surface area contributed by atoms with Crippen molar-refractivity contribution in [3.05, 3.63) is 65.2 Å². The molecule has 1 atom stereocenters. The highest BCUT2D eigenvalue weighted by molar-refractivity contribution is 6.22. The van der Waals surface area contributed by atoms with Gasteiger partial charge in [-0.3, -0.25) is 19.3 Å². The molecule has 1 unspecified atom stereocenters. The van der Waals surface area contributed by atoms with E-state index in [0.717, 1.165) is 10.5 Å². The minimum absolute atomic E-state index is 0.205. The Balaban J connectivity index is 1.70. The molecule has 3 rings (SSSR count). The van der Waals surface area contributed by atoms with E-state index in [1.807, 2.05) is 38.1 Å². The fraction of sp³-hybridized carbons (Fsp3) is 0.286. The first-order chi connectivity index (χ1) is 12.9. The Hall–Kier alpha value is -3.15. The third kappa shape index (κ3) is 3.69. The molecule has 0 bridgehead atoms. The fourth-order valence-electron chi connectivity index (χ4n) is 3.30. The summed E-state index contributed by atoms with van der Waals surface area (Å²) in [5.41, 5.74) is 8.10. The van der Waals surface area contributed by atoms with Crippen molar-refractivity contribution in [1.29, 1.82) is 0 Å². The van der Waals surface area contributed by atoms with E-state index in [1.54, 1.807) is 24.3 Å². The number of imide groups is 1. The number of nitrogen functional groups attached to an aromatic ring is 1. The Morgan fingerprint density at radius 1 is 1.00 bits per heavy atom. The zero-order valence-electron chi connectivity index (χ0n) is 15.4. The van der Waals surface area contributed by atoms with Crippen LogP contribution in [0, 0.1) is 5.92 Å². The SMILES string of the molecule is CC(C)C(C(=O)NCCc1ccc(N)cc1)N1C(=O)c2ccccc2C1=O. The lowest BCUT2D eigenvalue weighted by atomic mass is 10.0. The number of nitrogens with two attached hydrogens (primary N) is 1. The van der Waals surface area contributed by atoms with Crippen LogP contribution in [0.25, 0.3) is 0 Å². The number of fused-ring (bicyclic) bond motifs is 1. The predicted octanol–water partition coefficient (Wildman–Crippen LogP) is 2.25. The van der Waals surface area contributed by atoms with E-state index in [1.165, 1.54) is 0 Å². The second-order valence-corrected chi connectivity index (χ2v) is 7.00. The first-order valence-electron chi connectivity index (χ1n) is 8.99. The molecule has 0 fully saturated rings. The molecule has 0 radical (unpaired) electrons. The number of hydrogen-bond acceptors (Lipinski definition) is 4. The van der Waals surface area contributed by atoms with E-state index < -0.39 is 17.9 Å². The highest BCUT2D eigenvalue weighted by Gasteiger charge is 2.43. The van der Waals surface area contributed by atoms with Crippen LogP contribution in [0.2, 0.25) is 0 Å². The van der Waals surface area contributed by atoms with Crippen LogP contribution in [-0.2, 0) is 11.2 Å². The summed E-state index contributed by atoms with van der Waals surface area (Å²) in [6, 6.07) is 13.3. The molecule has 0 aliphatic carbocycles. The normalized spacial score (nSPS) is 14.4. The molecule has 6 heteroatoms. The molecule has 2 aromatic rings.